The van der Waals surface area contributed by atoms with Crippen molar-refractivity contribution in [1.82, 2.24) is 9.71 Å². The summed E-state index contributed by atoms with van der Waals surface area (Å²) < 4.78 is 46.1. The van der Waals surface area contributed by atoms with Gasteiger partial charge in [0.05, 0.1) is 9.82 Å². The molecule has 0 spiro atoms. The number of hydrogen-bond donors (Lipinski definition) is 1. The SMILES string of the molecule is O=[N+]([O-])c1cc(Br)cc(S(=O)(=O)NCc2ccnc(Oc3ccc(F)cc3)c2)c1. The molecular weight excluding hydrogens is 469 g/mol. The van der Waals surface area contributed by atoms with Gasteiger partial charge < -0.3 is 4.74 Å². The molecule has 0 fully saturated rings. The van der Waals surface area contributed by atoms with Gasteiger partial charge in [-0.25, -0.2) is 22.5 Å². The molecule has 1 N–H and O–H groups in total. The van der Waals surface area contributed by atoms with Crippen LogP contribution >= 0.6 is 15.9 Å². The number of halogens is 2. The van der Waals surface area contributed by atoms with Crippen LogP contribution in [0.3, 0.4) is 0 Å². The molecule has 0 aliphatic heterocycles. The third kappa shape index (κ3) is 5.56. The Hall–Kier alpha value is -2.89. The van der Waals surface area contributed by atoms with Crippen LogP contribution in [0.1, 0.15) is 5.56 Å². The minimum Gasteiger partial charge on any atom is -0.439 e. The third-order valence-electron chi connectivity index (χ3n) is 3.68. The predicted molar refractivity (Wildman–Crippen MR) is 106 cm³/mol. The minimum absolute atomic E-state index is 0.0923. The number of ether oxygens (including phenoxy) is 1. The number of non-ortho nitro benzene ring substituents is 1. The Morgan fingerprint density at radius 3 is 2.55 bits per heavy atom. The molecule has 0 unspecified atom stereocenters. The zero-order valence-corrected chi connectivity index (χ0v) is 17.0. The molecule has 0 saturated heterocycles. The van der Waals surface area contributed by atoms with Crippen LogP contribution in [0.15, 0.2) is 70.2 Å². The van der Waals surface area contributed by atoms with Crippen LogP contribution in [0.5, 0.6) is 11.6 Å². The second-order valence-corrected chi connectivity index (χ2v) is 8.47. The van der Waals surface area contributed by atoms with Crippen molar-refractivity contribution in [2.75, 3.05) is 0 Å². The zero-order chi connectivity index (χ0) is 21.0. The van der Waals surface area contributed by atoms with Gasteiger partial charge in [0.15, 0.2) is 0 Å². The lowest BCUT2D eigenvalue weighted by molar-refractivity contribution is -0.385. The fraction of sp³-hybridized carbons (Fsp3) is 0.0556. The van der Waals surface area contributed by atoms with Crippen molar-refractivity contribution in [2.24, 2.45) is 0 Å². The van der Waals surface area contributed by atoms with Crippen molar-refractivity contribution in [3.63, 3.8) is 0 Å². The van der Waals surface area contributed by atoms with E-state index in [1.807, 2.05) is 0 Å². The van der Waals surface area contributed by atoms with Gasteiger partial charge in [0.1, 0.15) is 11.6 Å². The van der Waals surface area contributed by atoms with Crippen molar-refractivity contribution < 1.29 is 22.5 Å². The highest BCUT2D eigenvalue weighted by Gasteiger charge is 2.19. The molecule has 0 amide bonds. The maximum Gasteiger partial charge on any atom is 0.271 e. The van der Waals surface area contributed by atoms with Crippen molar-refractivity contribution in [2.45, 2.75) is 11.4 Å². The number of nitro benzene ring substituents is 1. The lowest BCUT2D eigenvalue weighted by Gasteiger charge is -2.09. The molecule has 29 heavy (non-hydrogen) atoms. The van der Waals surface area contributed by atoms with Gasteiger partial charge in [-0.05, 0) is 42.0 Å². The first-order chi connectivity index (χ1) is 13.7. The van der Waals surface area contributed by atoms with E-state index in [0.29, 0.717) is 11.3 Å². The topological polar surface area (TPSA) is 111 Å². The number of nitrogens with zero attached hydrogens (tertiary/aromatic N) is 2. The van der Waals surface area contributed by atoms with Gasteiger partial charge >= 0.3 is 0 Å². The Balaban J connectivity index is 1.74. The summed E-state index contributed by atoms with van der Waals surface area (Å²) in [6, 6.07) is 11.9. The van der Waals surface area contributed by atoms with E-state index >= 15 is 0 Å². The van der Waals surface area contributed by atoms with E-state index in [1.165, 1.54) is 48.7 Å². The number of nitrogens with one attached hydrogen (secondary N) is 1. The molecule has 11 heteroatoms. The lowest BCUT2D eigenvalue weighted by Crippen LogP contribution is -2.23. The van der Waals surface area contributed by atoms with Gasteiger partial charge in [-0.2, -0.15) is 0 Å². The molecule has 0 aliphatic carbocycles. The van der Waals surface area contributed by atoms with Crippen LogP contribution < -0.4 is 9.46 Å². The summed E-state index contributed by atoms with van der Waals surface area (Å²) >= 11 is 3.07. The van der Waals surface area contributed by atoms with Crippen LogP contribution in [0.4, 0.5) is 10.1 Å². The highest BCUT2D eigenvalue weighted by atomic mass is 79.9. The number of benzene rings is 2. The minimum atomic E-state index is -4.00. The highest BCUT2D eigenvalue weighted by Crippen LogP contribution is 2.25. The van der Waals surface area contributed by atoms with Gasteiger partial charge in [-0.15, -0.1) is 0 Å². The third-order valence-corrected chi connectivity index (χ3v) is 5.52. The number of nitro groups is 1. The largest absolute Gasteiger partial charge is 0.439 e. The zero-order valence-electron chi connectivity index (χ0n) is 14.6. The van der Waals surface area contributed by atoms with E-state index in [-0.39, 0.29) is 27.5 Å². The second kappa shape index (κ2) is 8.64. The van der Waals surface area contributed by atoms with Crippen LogP contribution in [0.2, 0.25) is 0 Å². The fourth-order valence-electron chi connectivity index (χ4n) is 2.31. The molecule has 0 bridgehead atoms. The van der Waals surface area contributed by atoms with Crippen molar-refractivity contribution in [3.05, 3.63) is 86.8 Å². The van der Waals surface area contributed by atoms with Crippen LogP contribution in [-0.2, 0) is 16.6 Å². The van der Waals surface area contributed by atoms with E-state index in [9.17, 15) is 22.9 Å². The van der Waals surface area contributed by atoms with E-state index in [0.717, 1.165) is 6.07 Å². The summed E-state index contributed by atoms with van der Waals surface area (Å²) in [6.07, 6.45) is 1.44. The first kappa shape index (κ1) is 20.8. The standard InChI is InChI=1S/C18H13BrFN3O5S/c19-13-8-15(23(24)25)10-17(9-13)29(26,27)22-11-12-5-6-21-18(7-12)28-16-3-1-14(20)2-4-16/h1-10,22H,11H2. The van der Waals surface area contributed by atoms with Gasteiger partial charge in [-0.1, -0.05) is 15.9 Å². The number of sulfonamides is 1. The summed E-state index contributed by atoms with van der Waals surface area (Å²) in [5.74, 6) is 0.172. The Bertz CT molecular complexity index is 1160. The first-order valence-corrected chi connectivity index (χ1v) is 10.3. The molecule has 3 rings (SSSR count). The number of hydrogen-bond acceptors (Lipinski definition) is 6. The molecule has 1 heterocycles. The number of rotatable bonds is 7. The molecule has 3 aromatic rings. The lowest BCUT2D eigenvalue weighted by atomic mass is 10.3. The fourth-order valence-corrected chi connectivity index (χ4v) is 4.02. The molecule has 0 radical (unpaired) electrons. The van der Waals surface area contributed by atoms with E-state index in [1.54, 1.807) is 6.07 Å². The molecule has 150 valence electrons. The Labute approximate surface area is 173 Å². The first-order valence-electron chi connectivity index (χ1n) is 8.06. The summed E-state index contributed by atoms with van der Waals surface area (Å²) in [7, 11) is -4.00. The average Bonchev–Trinajstić information content (AvgIpc) is 2.68. The molecule has 0 saturated carbocycles. The average molecular weight is 482 g/mol. The van der Waals surface area contributed by atoms with Crippen LogP contribution in [0.25, 0.3) is 0 Å². The smallest absolute Gasteiger partial charge is 0.271 e. The second-order valence-electron chi connectivity index (χ2n) is 5.79. The summed E-state index contributed by atoms with van der Waals surface area (Å²) in [5, 5.41) is 10.9. The molecule has 8 nitrogen and oxygen atoms in total. The normalized spacial score (nSPS) is 11.2. The maximum atomic E-state index is 13.0. The van der Waals surface area contributed by atoms with E-state index < -0.39 is 20.8 Å². The van der Waals surface area contributed by atoms with Gasteiger partial charge in [-0.3, -0.25) is 10.1 Å². The van der Waals surface area contributed by atoms with Crippen molar-refractivity contribution in [3.8, 4) is 11.6 Å². The molecule has 0 aliphatic rings. The van der Waals surface area contributed by atoms with Crippen LogP contribution in [0, 0.1) is 15.9 Å². The molecule has 1 aromatic heterocycles. The number of aromatic nitrogens is 1. The quantitative estimate of drug-likeness (QED) is 0.400. The van der Waals surface area contributed by atoms with E-state index in [4.69, 9.17) is 4.74 Å². The maximum absolute atomic E-state index is 13.0. The highest BCUT2D eigenvalue weighted by molar-refractivity contribution is 9.10. The molecule has 0 atom stereocenters. The Morgan fingerprint density at radius 1 is 1.14 bits per heavy atom. The van der Waals surface area contributed by atoms with Gasteiger partial charge in [0, 0.05) is 35.4 Å². The van der Waals surface area contributed by atoms with Crippen molar-refractivity contribution >= 4 is 31.6 Å². The Morgan fingerprint density at radius 2 is 1.86 bits per heavy atom. The monoisotopic (exact) mass is 481 g/mol. The van der Waals surface area contributed by atoms with Gasteiger partial charge in [0.2, 0.25) is 15.9 Å². The van der Waals surface area contributed by atoms with Crippen LogP contribution in [-0.4, -0.2) is 18.3 Å². The summed E-state index contributed by atoms with van der Waals surface area (Å²) in [6.45, 7) is -0.0923. The molecule has 2 aromatic carbocycles. The van der Waals surface area contributed by atoms with Gasteiger partial charge in [0.25, 0.3) is 5.69 Å². The Kier molecular flexibility index (Phi) is 6.20. The summed E-state index contributed by atoms with van der Waals surface area (Å²) in [4.78, 5) is 14.1. The number of pyridine rings is 1. The van der Waals surface area contributed by atoms with E-state index in [2.05, 4.69) is 25.6 Å². The summed E-state index contributed by atoms with van der Waals surface area (Å²) in [5.41, 5.74) is 0.198. The van der Waals surface area contributed by atoms with Crippen molar-refractivity contribution in [1.29, 1.82) is 0 Å². The molecular formula is C18H13BrFN3O5S. The predicted octanol–water partition coefficient (Wildman–Crippen LogP) is 4.16.